The fraction of sp³-hybridized carbons (Fsp3) is 0.176. The number of carbonyl (C=O) groups is 1. The second kappa shape index (κ2) is 7.74. The minimum absolute atomic E-state index is 0.0345. The van der Waals surface area contributed by atoms with Gasteiger partial charge in [-0.25, -0.2) is 8.42 Å². The Balaban J connectivity index is 2.13. The van der Waals surface area contributed by atoms with Crippen molar-refractivity contribution in [3.8, 4) is 17.6 Å². The van der Waals surface area contributed by atoms with Gasteiger partial charge in [-0.1, -0.05) is 23.2 Å². The van der Waals surface area contributed by atoms with Gasteiger partial charge >= 0.3 is 0 Å². The van der Waals surface area contributed by atoms with Crippen LogP contribution in [0.15, 0.2) is 41.3 Å². The minimum atomic E-state index is -4.29. The maximum atomic E-state index is 13.2. The lowest BCUT2D eigenvalue weighted by atomic mass is 10.2. The summed E-state index contributed by atoms with van der Waals surface area (Å²) in [5.41, 5.74) is -0.142. The average molecular weight is 427 g/mol. The molecular formula is C17H13Cl2N3O4S. The predicted molar refractivity (Wildman–Crippen MR) is 99.5 cm³/mol. The third-order valence-electron chi connectivity index (χ3n) is 3.66. The highest BCUT2D eigenvalue weighted by atomic mass is 35.5. The first kappa shape index (κ1) is 18.1. The number of hydrogen-bond donors (Lipinski definition) is 1. The lowest BCUT2D eigenvalue weighted by Gasteiger charge is -2.26. The first-order chi connectivity index (χ1) is 13.2. The molecule has 0 radical (unpaired) electrons. The standard InChI is InChI=1S/C17H13Cl2N3O4S/c18-12-6-13(19)8-14(7-12)26-15-2-1-11(9-20)5-16(15)27(24,25)22-4-3-21-17(23)10-22/h1-2,5-8H,3-4,10H2,(H,21,23)/i5D. The number of nitrogens with one attached hydrogen (secondary N) is 1. The molecule has 1 fully saturated rings. The Bertz CT molecular complexity index is 1080. The lowest BCUT2D eigenvalue weighted by Crippen LogP contribution is -2.49. The number of nitrogens with zero attached hydrogens (tertiary/aromatic N) is 2. The molecule has 0 bridgehead atoms. The van der Waals surface area contributed by atoms with Crippen molar-refractivity contribution in [2.24, 2.45) is 0 Å². The van der Waals surface area contributed by atoms with Gasteiger partial charge in [-0.05, 0) is 36.4 Å². The molecule has 1 heterocycles. The summed E-state index contributed by atoms with van der Waals surface area (Å²) in [6.45, 7) is -0.211. The Morgan fingerprint density at radius 3 is 2.59 bits per heavy atom. The monoisotopic (exact) mass is 426 g/mol. The number of halogens is 2. The van der Waals surface area contributed by atoms with Gasteiger partial charge in [-0.2, -0.15) is 9.57 Å². The molecule has 27 heavy (non-hydrogen) atoms. The summed E-state index contributed by atoms with van der Waals surface area (Å²) in [6.07, 6.45) is 0. The SMILES string of the molecule is [2H]c1c(C#N)ccc(Oc2cc(Cl)cc(Cl)c2)c1S(=O)(=O)N1CCNC(=O)C1. The van der Waals surface area contributed by atoms with Crippen LogP contribution in [0.25, 0.3) is 0 Å². The van der Waals surface area contributed by atoms with E-state index in [0.717, 1.165) is 4.31 Å². The highest BCUT2D eigenvalue weighted by Gasteiger charge is 2.32. The Hall–Kier alpha value is -2.31. The zero-order valence-electron chi connectivity index (χ0n) is 14.7. The Morgan fingerprint density at radius 1 is 1.26 bits per heavy atom. The topological polar surface area (TPSA) is 99.5 Å². The lowest BCUT2D eigenvalue weighted by molar-refractivity contribution is -0.122. The Morgan fingerprint density at radius 2 is 1.96 bits per heavy atom. The molecule has 7 nitrogen and oxygen atoms in total. The van der Waals surface area contributed by atoms with Gasteiger partial charge in [0.15, 0.2) is 0 Å². The van der Waals surface area contributed by atoms with E-state index in [9.17, 15) is 18.5 Å². The number of benzene rings is 2. The van der Waals surface area contributed by atoms with Crippen molar-refractivity contribution in [2.45, 2.75) is 4.90 Å². The third-order valence-corrected chi connectivity index (χ3v) is 5.91. The van der Waals surface area contributed by atoms with Crippen molar-refractivity contribution in [3.05, 3.63) is 52.0 Å². The second-order valence-electron chi connectivity index (χ2n) is 5.57. The van der Waals surface area contributed by atoms with Crippen molar-refractivity contribution < 1.29 is 19.3 Å². The summed E-state index contributed by atoms with van der Waals surface area (Å²) < 4.78 is 41.1. The van der Waals surface area contributed by atoms with Crippen LogP contribution in [-0.4, -0.2) is 38.3 Å². The number of ether oxygens (including phenoxy) is 1. The average Bonchev–Trinajstić information content (AvgIpc) is 2.61. The summed E-state index contributed by atoms with van der Waals surface area (Å²) in [5.74, 6) is -0.468. The van der Waals surface area contributed by atoms with Gasteiger partial charge in [-0.3, -0.25) is 4.79 Å². The maximum absolute atomic E-state index is 13.2. The number of hydrogen-bond acceptors (Lipinski definition) is 5. The van der Waals surface area contributed by atoms with Crippen molar-refractivity contribution >= 4 is 39.1 Å². The van der Waals surface area contributed by atoms with Crippen molar-refractivity contribution in [1.82, 2.24) is 9.62 Å². The molecule has 1 amide bonds. The number of rotatable bonds is 4. The fourth-order valence-corrected chi connectivity index (χ4v) is 4.45. The van der Waals surface area contributed by atoms with E-state index in [2.05, 4.69) is 5.32 Å². The van der Waals surface area contributed by atoms with Crippen LogP contribution in [0.1, 0.15) is 6.93 Å². The largest absolute Gasteiger partial charge is 0.456 e. The molecule has 0 atom stereocenters. The molecule has 1 aliphatic heterocycles. The molecule has 0 aliphatic carbocycles. The highest BCUT2D eigenvalue weighted by Crippen LogP contribution is 2.34. The van der Waals surface area contributed by atoms with Gasteiger partial charge < -0.3 is 10.1 Å². The summed E-state index contributed by atoms with van der Waals surface area (Å²) >= 11 is 11.9. The van der Waals surface area contributed by atoms with Crippen LogP contribution in [0, 0.1) is 11.3 Å². The van der Waals surface area contributed by atoms with E-state index in [4.69, 9.17) is 29.3 Å². The summed E-state index contributed by atoms with van der Waals surface area (Å²) in [4.78, 5) is 11.1. The second-order valence-corrected chi connectivity index (χ2v) is 8.32. The predicted octanol–water partition coefficient (Wildman–Crippen LogP) is 2.78. The van der Waals surface area contributed by atoms with Crippen LogP contribution in [0.2, 0.25) is 10.0 Å². The molecule has 0 aromatic heterocycles. The Kier molecular flexibility index (Phi) is 5.18. The van der Waals surface area contributed by atoms with Gasteiger partial charge in [0.25, 0.3) is 0 Å². The first-order valence-corrected chi connectivity index (χ1v) is 9.86. The van der Waals surface area contributed by atoms with Crippen LogP contribution in [-0.2, 0) is 14.8 Å². The molecule has 10 heteroatoms. The molecule has 1 N–H and O–H groups in total. The van der Waals surface area contributed by atoms with Gasteiger partial charge in [0.05, 0.1) is 19.5 Å². The number of piperazine rings is 1. The van der Waals surface area contributed by atoms with Gasteiger partial charge in [0.2, 0.25) is 15.9 Å². The molecule has 0 spiro atoms. The van der Waals surface area contributed by atoms with Crippen LogP contribution in [0.5, 0.6) is 11.5 Å². The smallest absolute Gasteiger partial charge is 0.247 e. The minimum Gasteiger partial charge on any atom is -0.456 e. The zero-order chi connectivity index (χ0) is 20.5. The number of nitriles is 1. The first-order valence-electron chi connectivity index (χ1n) is 8.17. The fourth-order valence-electron chi connectivity index (χ4n) is 2.46. The molecule has 1 aliphatic rings. The molecule has 140 valence electrons. The summed E-state index contributed by atoms with van der Waals surface area (Å²) in [6, 6.07) is 8.17. The van der Waals surface area contributed by atoms with E-state index in [-0.39, 0.29) is 46.7 Å². The Labute approximate surface area is 167 Å². The molecule has 2 aromatic rings. The molecule has 0 saturated carbocycles. The van der Waals surface area contributed by atoms with E-state index in [1.54, 1.807) is 6.07 Å². The maximum Gasteiger partial charge on any atom is 0.247 e. The molecule has 3 rings (SSSR count). The third kappa shape index (κ3) is 4.34. The van der Waals surface area contributed by atoms with Crippen LogP contribution < -0.4 is 10.1 Å². The van der Waals surface area contributed by atoms with E-state index in [1.807, 2.05) is 0 Å². The quantitative estimate of drug-likeness (QED) is 0.809. The summed E-state index contributed by atoms with van der Waals surface area (Å²) in [7, 11) is -4.29. The highest BCUT2D eigenvalue weighted by molar-refractivity contribution is 7.89. The van der Waals surface area contributed by atoms with E-state index in [0.29, 0.717) is 0 Å². The van der Waals surface area contributed by atoms with Crippen LogP contribution in [0.3, 0.4) is 0 Å². The van der Waals surface area contributed by atoms with Crippen molar-refractivity contribution in [3.63, 3.8) is 0 Å². The number of amides is 1. The number of sulfonamides is 1. The van der Waals surface area contributed by atoms with Crippen LogP contribution >= 0.6 is 23.2 Å². The molecular weight excluding hydrogens is 413 g/mol. The molecule has 1 saturated heterocycles. The van der Waals surface area contributed by atoms with E-state index in [1.165, 1.54) is 30.3 Å². The van der Waals surface area contributed by atoms with Gasteiger partial charge in [0.1, 0.15) is 16.4 Å². The normalized spacial score (nSPS) is 15.6. The molecule has 2 aromatic carbocycles. The summed E-state index contributed by atoms with van der Waals surface area (Å²) in [5, 5.41) is 12.3. The van der Waals surface area contributed by atoms with Crippen LogP contribution in [0.4, 0.5) is 0 Å². The zero-order valence-corrected chi connectivity index (χ0v) is 16.0. The number of carbonyl (C=O) groups excluding carboxylic acids is 1. The van der Waals surface area contributed by atoms with Gasteiger partial charge in [-0.15, -0.1) is 0 Å². The van der Waals surface area contributed by atoms with E-state index < -0.39 is 26.9 Å². The van der Waals surface area contributed by atoms with Gasteiger partial charge in [0, 0.05) is 23.1 Å². The van der Waals surface area contributed by atoms with E-state index >= 15 is 0 Å². The van der Waals surface area contributed by atoms with Crippen molar-refractivity contribution in [2.75, 3.05) is 19.6 Å². The van der Waals surface area contributed by atoms with Crippen molar-refractivity contribution in [1.29, 1.82) is 5.26 Å². The molecule has 0 unspecified atom stereocenters.